The van der Waals surface area contributed by atoms with Gasteiger partial charge in [0, 0.05) is 5.69 Å². The van der Waals surface area contributed by atoms with Gasteiger partial charge in [-0.15, -0.1) is 0 Å². The van der Waals surface area contributed by atoms with Crippen molar-refractivity contribution in [2.45, 2.75) is 32.6 Å². The minimum Gasteiger partial charge on any atom is -0.324 e. The van der Waals surface area contributed by atoms with E-state index in [-0.39, 0.29) is 0 Å². The minimum absolute atomic E-state index is 0.827. The maximum atomic E-state index is 5.40. The molecule has 1 unspecified atom stereocenters. The summed E-state index contributed by atoms with van der Waals surface area (Å²) in [6, 6.07) is 6.47. The van der Waals surface area contributed by atoms with E-state index in [9.17, 15) is 0 Å². The SMILES string of the molecule is CC1CCCc2cc(NN)ccc2C1. The second-order valence-electron chi connectivity index (χ2n) is 4.33. The van der Waals surface area contributed by atoms with Gasteiger partial charge in [0.05, 0.1) is 0 Å². The quantitative estimate of drug-likeness (QED) is 0.405. The van der Waals surface area contributed by atoms with E-state index >= 15 is 0 Å². The van der Waals surface area contributed by atoms with Gasteiger partial charge in [-0.2, -0.15) is 0 Å². The fourth-order valence-electron chi connectivity index (χ4n) is 2.27. The fraction of sp³-hybridized carbons (Fsp3) is 0.500. The first-order valence-corrected chi connectivity index (χ1v) is 5.38. The van der Waals surface area contributed by atoms with Crippen molar-refractivity contribution in [1.82, 2.24) is 0 Å². The number of hydrazine groups is 1. The van der Waals surface area contributed by atoms with Crippen LogP contribution in [-0.4, -0.2) is 0 Å². The molecular weight excluding hydrogens is 172 g/mol. The zero-order chi connectivity index (χ0) is 9.97. The van der Waals surface area contributed by atoms with Crippen molar-refractivity contribution in [3.63, 3.8) is 0 Å². The van der Waals surface area contributed by atoms with E-state index < -0.39 is 0 Å². The van der Waals surface area contributed by atoms with Gasteiger partial charge in [-0.1, -0.05) is 19.4 Å². The second kappa shape index (κ2) is 4.01. The lowest BCUT2D eigenvalue weighted by Crippen LogP contribution is -2.07. The predicted molar refractivity (Wildman–Crippen MR) is 60.1 cm³/mol. The van der Waals surface area contributed by atoms with Crippen molar-refractivity contribution in [2.24, 2.45) is 11.8 Å². The molecule has 2 nitrogen and oxygen atoms in total. The Bertz CT molecular complexity index is 320. The fourth-order valence-corrected chi connectivity index (χ4v) is 2.27. The predicted octanol–water partition coefficient (Wildman–Crippen LogP) is 2.49. The average Bonchev–Trinajstić information content (AvgIpc) is 2.37. The first-order chi connectivity index (χ1) is 6.79. The lowest BCUT2D eigenvalue weighted by molar-refractivity contribution is 0.526. The molecule has 1 aliphatic carbocycles. The van der Waals surface area contributed by atoms with Crippen molar-refractivity contribution >= 4 is 5.69 Å². The molecule has 1 aliphatic rings. The molecule has 0 saturated heterocycles. The van der Waals surface area contributed by atoms with Gasteiger partial charge in [0.1, 0.15) is 0 Å². The summed E-state index contributed by atoms with van der Waals surface area (Å²) in [5.74, 6) is 6.23. The number of hydrogen-bond acceptors (Lipinski definition) is 2. The summed E-state index contributed by atoms with van der Waals surface area (Å²) < 4.78 is 0. The smallest absolute Gasteiger partial charge is 0.0488 e. The molecule has 2 rings (SSSR count). The molecule has 0 bridgehead atoms. The number of nitrogen functional groups attached to an aromatic ring is 1. The lowest BCUT2D eigenvalue weighted by Gasteiger charge is -2.09. The number of benzene rings is 1. The Morgan fingerprint density at radius 1 is 1.36 bits per heavy atom. The highest BCUT2D eigenvalue weighted by Crippen LogP contribution is 2.26. The number of anilines is 1. The normalized spacial score (nSPS) is 21.1. The minimum atomic E-state index is 0.827. The summed E-state index contributed by atoms with van der Waals surface area (Å²) in [5, 5.41) is 0. The van der Waals surface area contributed by atoms with Crippen LogP contribution in [0.2, 0.25) is 0 Å². The number of nitrogens with two attached hydrogens (primary N) is 1. The standard InChI is InChI=1S/C12H18N2/c1-9-3-2-4-10-8-12(14-13)6-5-11(10)7-9/h5-6,8-9,14H,2-4,7,13H2,1H3. The van der Waals surface area contributed by atoms with E-state index in [1.807, 2.05) is 0 Å². The Balaban J connectivity index is 2.31. The van der Waals surface area contributed by atoms with Crippen molar-refractivity contribution in [2.75, 3.05) is 5.43 Å². The van der Waals surface area contributed by atoms with Gasteiger partial charge in [-0.3, -0.25) is 5.84 Å². The zero-order valence-corrected chi connectivity index (χ0v) is 8.72. The average molecular weight is 190 g/mol. The molecule has 0 spiro atoms. The molecule has 0 saturated carbocycles. The maximum Gasteiger partial charge on any atom is 0.0488 e. The third-order valence-corrected chi connectivity index (χ3v) is 3.08. The van der Waals surface area contributed by atoms with Crippen LogP contribution in [0.5, 0.6) is 0 Å². The largest absolute Gasteiger partial charge is 0.324 e. The second-order valence-corrected chi connectivity index (χ2v) is 4.33. The first-order valence-electron chi connectivity index (χ1n) is 5.38. The highest BCUT2D eigenvalue weighted by Gasteiger charge is 2.12. The summed E-state index contributed by atoms with van der Waals surface area (Å²) >= 11 is 0. The van der Waals surface area contributed by atoms with E-state index in [2.05, 4.69) is 30.5 Å². The van der Waals surface area contributed by atoms with Gasteiger partial charge in [0.25, 0.3) is 0 Å². The highest BCUT2D eigenvalue weighted by molar-refractivity contribution is 5.48. The Hall–Kier alpha value is -1.02. The summed E-state index contributed by atoms with van der Waals surface area (Å²) in [6.45, 7) is 2.34. The third kappa shape index (κ3) is 1.90. The molecule has 3 N–H and O–H groups in total. The molecule has 0 amide bonds. The summed E-state index contributed by atoms with van der Waals surface area (Å²) in [4.78, 5) is 0. The summed E-state index contributed by atoms with van der Waals surface area (Å²) in [5.41, 5.74) is 6.72. The van der Waals surface area contributed by atoms with Crippen LogP contribution in [0.1, 0.15) is 30.9 Å². The topological polar surface area (TPSA) is 38.0 Å². The lowest BCUT2D eigenvalue weighted by atomic mass is 9.98. The maximum absolute atomic E-state index is 5.40. The molecule has 0 aromatic heterocycles. The van der Waals surface area contributed by atoms with Crippen LogP contribution in [0.15, 0.2) is 18.2 Å². The molecule has 0 aliphatic heterocycles. The number of hydrogen-bond donors (Lipinski definition) is 2. The Kier molecular flexibility index (Phi) is 2.73. The van der Waals surface area contributed by atoms with Gasteiger partial charge < -0.3 is 5.43 Å². The van der Waals surface area contributed by atoms with E-state index in [0.717, 1.165) is 11.6 Å². The summed E-state index contributed by atoms with van der Waals surface area (Å²) in [6.07, 6.45) is 5.08. The van der Waals surface area contributed by atoms with E-state index in [1.54, 1.807) is 0 Å². The van der Waals surface area contributed by atoms with E-state index in [1.165, 1.54) is 36.8 Å². The Labute approximate surface area is 85.5 Å². The molecule has 0 fully saturated rings. The summed E-state index contributed by atoms with van der Waals surface area (Å²) in [7, 11) is 0. The molecule has 1 aromatic carbocycles. The van der Waals surface area contributed by atoms with Crippen LogP contribution in [0, 0.1) is 5.92 Å². The van der Waals surface area contributed by atoms with Gasteiger partial charge >= 0.3 is 0 Å². The van der Waals surface area contributed by atoms with Gasteiger partial charge in [-0.05, 0) is 48.4 Å². The molecule has 0 heterocycles. The number of nitrogens with one attached hydrogen (secondary N) is 1. The molecule has 1 aromatic rings. The van der Waals surface area contributed by atoms with Crippen LogP contribution >= 0.6 is 0 Å². The molecule has 1 atom stereocenters. The van der Waals surface area contributed by atoms with Crippen molar-refractivity contribution in [1.29, 1.82) is 0 Å². The van der Waals surface area contributed by atoms with E-state index in [4.69, 9.17) is 5.84 Å². The van der Waals surface area contributed by atoms with E-state index in [0.29, 0.717) is 0 Å². The van der Waals surface area contributed by atoms with Crippen LogP contribution in [0.25, 0.3) is 0 Å². The Morgan fingerprint density at radius 3 is 3.00 bits per heavy atom. The Morgan fingerprint density at radius 2 is 2.21 bits per heavy atom. The van der Waals surface area contributed by atoms with Crippen molar-refractivity contribution < 1.29 is 0 Å². The van der Waals surface area contributed by atoms with Crippen LogP contribution in [0.3, 0.4) is 0 Å². The van der Waals surface area contributed by atoms with Crippen LogP contribution in [-0.2, 0) is 12.8 Å². The van der Waals surface area contributed by atoms with Gasteiger partial charge in [-0.25, -0.2) is 0 Å². The molecule has 2 heteroatoms. The van der Waals surface area contributed by atoms with Gasteiger partial charge in [0.15, 0.2) is 0 Å². The third-order valence-electron chi connectivity index (χ3n) is 3.08. The van der Waals surface area contributed by atoms with Gasteiger partial charge in [0.2, 0.25) is 0 Å². The monoisotopic (exact) mass is 190 g/mol. The number of aryl methyl sites for hydroxylation is 1. The molecule has 0 radical (unpaired) electrons. The van der Waals surface area contributed by atoms with Crippen LogP contribution in [0.4, 0.5) is 5.69 Å². The molecule has 14 heavy (non-hydrogen) atoms. The number of rotatable bonds is 1. The highest BCUT2D eigenvalue weighted by atomic mass is 15.2. The zero-order valence-electron chi connectivity index (χ0n) is 8.72. The number of fused-ring (bicyclic) bond motifs is 1. The first kappa shape index (κ1) is 9.53. The van der Waals surface area contributed by atoms with Crippen molar-refractivity contribution in [3.8, 4) is 0 Å². The van der Waals surface area contributed by atoms with Crippen molar-refractivity contribution in [3.05, 3.63) is 29.3 Å². The van der Waals surface area contributed by atoms with Crippen LogP contribution < -0.4 is 11.3 Å². The molecule has 76 valence electrons. The molecular formula is C12H18N2.